The standard InChI is InChI=1S/C13H20N2O2S2/c1-2-14-19(16,17)13-7-5-11(6-8-13)15-12-4-3-9-18-10-12/h5-8,12,14-15H,2-4,9-10H2,1H3. The van der Waals surface area contributed by atoms with Crippen LogP contribution in [0.15, 0.2) is 29.2 Å². The average Bonchev–Trinajstić information content (AvgIpc) is 2.40. The number of benzene rings is 1. The summed E-state index contributed by atoms with van der Waals surface area (Å²) in [6.07, 6.45) is 2.43. The molecule has 19 heavy (non-hydrogen) atoms. The van der Waals surface area contributed by atoms with E-state index < -0.39 is 10.0 Å². The van der Waals surface area contributed by atoms with Crippen molar-refractivity contribution in [1.29, 1.82) is 0 Å². The zero-order valence-electron chi connectivity index (χ0n) is 11.1. The highest BCUT2D eigenvalue weighted by atomic mass is 32.2. The van der Waals surface area contributed by atoms with Crippen LogP contribution in [0.25, 0.3) is 0 Å². The van der Waals surface area contributed by atoms with Crippen LogP contribution in [-0.4, -0.2) is 32.5 Å². The monoisotopic (exact) mass is 300 g/mol. The largest absolute Gasteiger partial charge is 0.381 e. The number of nitrogens with one attached hydrogen (secondary N) is 2. The van der Waals surface area contributed by atoms with Crippen molar-refractivity contribution in [3.63, 3.8) is 0 Å². The van der Waals surface area contributed by atoms with Crippen LogP contribution >= 0.6 is 11.8 Å². The average molecular weight is 300 g/mol. The van der Waals surface area contributed by atoms with Crippen LogP contribution in [0.1, 0.15) is 19.8 Å². The summed E-state index contributed by atoms with van der Waals surface area (Å²) in [6.45, 7) is 2.18. The van der Waals surface area contributed by atoms with Gasteiger partial charge in [-0.3, -0.25) is 0 Å². The fourth-order valence-electron chi connectivity index (χ4n) is 2.09. The van der Waals surface area contributed by atoms with Gasteiger partial charge < -0.3 is 5.32 Å². The van der Waals surface area contributed by atoms with Gasteiger partial charge in [-0.25, -0.2) is 13.1 Å². The van der Waals surface area contributed by atoms with Gasteiger partial charge in [-0.15, -0.1) is 0 Å². The molecule has 1 unspecified atom stereocenters. The molecule has 1 aliphatic heterocycles. The predicted octanol–water partition coefficient (Wildman–Crippen LogP) is 2.29. The van der Waals surface area contributed by atoms with Crippen LogP contribution in [0.3, 0.4) is 0 Å². The molecule has 1 saturated heterocycles. The van der Waals surface area contributed by atoms with Crippen molar-refractivity contribution in [2.24, 2.45) is 0 Å². The van der Waals surface area contributed by atoms with Crippen LogP contribution in [0.5, 0.6) is 0 Å². The summed E-state index contributed by atoms with van der Waals surface area (Å²) in [6, 6.07) is 7.47. The lowest BCUT2D eigenvalue weighted by Gasteiger charge is -2.23. The Morgan fingerprint density at radius 3 is 2.63 bits per heavy atom. The van der Waals surface area contributed by atoms with Gasteiger partial charge in [-0.05, 0) is 42.9 Å². The Labute approximate surface area is 119 Å². The summed E-state index contributed by atoms with van der Waals surface area (Å²) >= 11 is 1.97. The third kappa shape index (κ3) is 4.12. The van der Waals surface area contributed by atoms with Crippen molar-refractivity contribution in [3.8, 4) is 0 Å². The highest BCUT2D eigenvalue weighted by Crippen LogP contribution is 2.21. The van der Waals surface area contributed by atoms with Crippen molar-refractivity contribution in [1.82, 2.24) is 4.72 Å². The smallest absolute Gasteiger partial charge is 0.240 e. The second-order valence-electron chi connectivity index (χ2n) is 4.58. The first-order valence-corrected chi connectivity index (χ1v) is 9.19. The summed E-state index contributed by atoms with van der Waals surface area (Å²) in [5.41, 5.74) is 0.989. The Balaban J connectivity index is 2.01. The Hall–Kier alpha value is -0.720. The third-order valence-corrected chi connectivity index (χ3v) is 5.81. The van der Waals surface area contributed by atoms with Crippen LogP contribution in [0.2, 0.25) is 0 Å². The van der Waals surface area contributed by atoms with Crippen molar-refractivity contribution in [2.45, 2.75) is 30.7 Å². The van der Waals surface area contributed by atoms with Crippen molar-refractivity contribution >= 4 is 27.5 Å². The number of hydrogen-bond acceptors (Lipinski definition) is 4. The van der Waals surface area contributed by atoms with Gasteiger partial charge in [0.2, 0.25) is 10.0 Å². The summed E-state index contributed by atoms with van der Waals surface area (Å²) in [5, 5.41) is 3.46. The minimum atomic E-state index is -3.34. The lowest BCUT2D eigenvalue weighted by Crippen LogP contribution is -2.26. The highest BCUT2D eigenvalue weighted by molar-refractivity contribution is 7.99. The van der Waals surface area contributed by atoms with E-state index >= 15 is 0 Å². The highest BCUT2D eigenvalue weighted by Gasteiger charge is 2.15. The van der Waals surface area contributed by atoms with Crippen molar-refractivity contribution < 1.29 is 8.42 Å². The molecule has 6 heteroatoms. The zero-order valence-corrected chi connectivity index (χ0v) is 12.7. The van der Waals surface area contributed by atoms with Gasteiger partial charge in [-0.1, -0.05) is 6.92 Å². The maximum Gasteiger partial charge on any atom is 0.240 e. The van der Waals surface area contributed by atoms with Gasteiger partial charge in [0.15, 0.2) is 0 Å². The molecule has 1 fully saturated rings. The summed E-state index contributed by atoms with van der Waals surface area (Å²) in [4.78, 5) is 0.318. The topological polar surface area (TPSA) is 58.2 Å². The van der Waals surface area contributed by atoms with E-state index in [2.05, 4.69) is 10.0 Å². The van der Waals surface area contributed by atoms with Gasteiger partial charge in [0, 0.05) is 24.0 Å². The van der Waals surface area contributed by atoms with Crippen LogP contribution < -0.4 is 10.0 Å². The Morgan fingerprint density at radius 2 is 2.05 bits per heavy atom. The molecule has 0 amide bonds. The molecule has 1 aromatic rings. The Kier molecular flexibility index (Phi) is 5.13. The normalized spacial score (nSPS) is 20.2. The van der Waals surface area contributed by atoms with Crippen molar-refractivity contribution in [2.75, 3.05) is 23.4 Å². The summed E-state index contributed by atoms with van der Waals surface area (Å²) in [5.74, 6) is 2.37. The van der Waals surface area contributed by atoms with Crippen molar-refractivity contribution in [3.05, 3.63) is 24.3 Å². The van der Waals surface area contributed by atoms with E-state index in [1.54, 1.807) is 19.1 Å². The maximum absolute atomic E-state index is 11.8. The van der Waals surface area contributed by atoms with E-state index in [4.69, 9.17) is 0 Å². The first-order chi connectivity index (χ1) is 9.12. The fraction of sp³-hybridized carbons (Fsp3) is 0.538. The molecule has 4 nitrogen and oxygen atoms in total. The molecule has 0 radical (unpaired) electrons. The number of anilines is 1. The van der Waals surface area contributed by atoms with Gasteiger partial charge in [0.05, 0.1) is 4.90 Å². The molecule has 1 atom stereocenters. The number of rotatable bonds is 5. The minimum Gasteiger partial charge on any atom is -0.381 e. The third-order valence-electron chi connectivity index (χ3n) is 3.03. The molecule has 0 bridgehead atoms. The quantitative estimate of drug-likeness (QED) is 0.876. The molecule has 1 heterocycles. The lowest BCUT2D eigenvalue weighted by atomic mass is 10.2. The first kappa shape index (κ1) is 14.7. The fourth-order valence-corrected chi connectivity index (χ4v) is 4.21. The van der Waals surface area contributed by atoms with Crippen LogP contribution in [-0.2, 0) is 10.0 Å². The van der Waals surface area contributed by atoms with E-state index in [9.17, 15) is 8.42 Å². The Bertz CT molecular complexity index is 494. The maximum atomic E-state index is 11.8. The molecule has 0 saturated carbocycles. The molecular weight excluding hydrogens is 280 g/mol. The zero-order chi connectivity index (χ0) is 13.7. The van der Waals surface area contributed by atoms with E-state index in [0.717, 1.165) is 11.4 Å². The minimum absolute atomic E-state index is 0.318. The molecule has 0 aliphatic carbocycles. The number of thioether (sulfide) groups is 1. The summed E-state index contributed by atoms with van der Waals surface area (Å²) < 4.78 is 26.1. The second-order valence-corrected chi connectivity index (χ2v) is 7.50. The number of hydrogen-bond donors (Lipinski definition) is 2. The predicted molar refractivity (Wildman–Crippen MR) is 81.3 cm³/mol. The molecule has 1 aromatic carbocycles. The molecule has 0 aromatic heterocycles. The van der Waals surface area contributed by atoms with Crippen LogP contribution in [0.4, 0.5) is 5.69 Å². The molecule has 106 valence electrons. The van der Waals surface area contributed by atoms with Gasteiger partial charge in [0.25, 0.3) is 0 Å². The molecule has 2 N–H and O–H groups in total. The molecule has 2 rings (SSSR count). The molecular formula is C13H20N2O2S2. The van der Waals surface area contributed by atoms with E-state index in [1.165, 1.54) is 18.6 Å². The van der Waals surface area contributed by atoms with Crippen LogP contribution in [0, 0.1) is 0 Å². The number of sulfonamides is 1. The Morgan fingerprint density at radius 1 is 1.32 bits per heavy atom. The first-order valence-electron chi connectivity index (χ1n) is 6.56. The summed E-state index contributed by atoms with van der Waals surface area (Å²) in [7, 11) is -3.34. The second kappa shape index (κ2) is 6.63. The molecule has 1 aliphatic rings. The molecule has 0 spiro atoms. The van der Waals surface area contributed by atoms with Gasteiger partial charge in [0.1, 0.15) is 0 Å². The van der Waals surface area contributed by atoms with Gasteiger partial charge >= 0.3 is 0 Å². The van der Waals surface area contributed by atoms with E-state index in [1.807, 2.05) is 23.9 Å². The van der Waals surface area contributed by atoms with Gasteiger partial charge in [-0.2, -0.15) is 11.8 Å². The van der Waals surface area contributed by atoms with E-state index in [0.29, 0.717) is 17.5 Å². The lowest BCUT2D eigenvalue weighted by molar-refractivity contribution is 0.584. The SMILES string of the molecule is CCNS(=O)(=O)c1ccc(NC2CCCSC2)cc1. The van der Waals surface area contributed by atoms with E-state index in [-0.39, 0.29) is 0 Å².